The van der Waals surface area contributed by atoms with Crippen LogP contribution in [0.5, 0.6) is 0 Å². The molecule has 0 aliphatic carbocycles. The van der Waals surface area contributed by atoms with Crippen LogP contribution in [0.2, 0.25) is 0 Å². The predicted octanol–water partition coefficient (Wildman–Crippen LogP) is 2.90. The lowest BCUT2D eigenvalue weighted by Crippen LogP contribution is -2.29. The van der Waals surface area contributed by atoms with Gasteiger partial charge >= 0.3 is 0 Å². The lowest BCUT2D eigenvalue weighted by Gasteiger charge is -2.22. The Labute approximate surface area is 123 Å². The van der Waals surface area contributed by atoms with Crippen molar-refractivity contribution in [1.29, 1.82) is 0 Å². The van der Waals surface area contributed by atoms with E-state index in [4.69, 9.17) is 4.74 Å². The average Bonchev–Trinajstić information content (AvgIpc) is 2.88. The third-order valence-corrected chi connectivity index (χ3v) is 3.90. The van der Waals surface area contributed by atoms with E-state index in [1.807, 2.05) is 0 Å². The third-order valence-electron chi connectivity index (χ3n) is 3.90. The Kier molecular flexibility index (Phi) is 5.86. The molecule has 1 saturated heterocycles. The Bertz CT molecular complexity index is 406. The minimum Gasteiger partial charge on any atom is -0.380 e. The van der Waals surface area contributed by atoms with Crippen LogP contribution in [0.4, 0.5) is 5.69 Å². The number of benzene rings is 1. The number of anilines is 1. The van der Waals surface area contributed by atoms with Crippen LogP contribution in [-0.2, 0) is 11.3 Å². The number of para-hydroxylation sites is 1. The van der Waals surface area contributed by atoms with Crippen LogP contribution in [0.15, 0.2) is 24.3 Å². The summed E-state index contributed by atoms with van der Waals surface area (Å²) >= 11 is 0. The molecule has 20 heavy (non-hydrogen) atoms. The van der Waals surface area contributed by atoms with E-state index in [1.165, 1.54) is 17.7 Å². The molecule has 1 unspecified atom stereocenters. The van der Waals surface area contributed by atoms with E-state index in [0.717, 1.165) is 38.0 Å². The van der Waals surface area contributed by atoms with Crippen LogP contribution < -0.4 is 10.2 Å². The molecule has 1 heterocycles. The number of methoxy groups -OCH3 is 1. The van der Waals surface area contributed by atoms with Gasteiger partial charge in [0.1, 0.15) is 0 Å². The smallest absolute Gasteiger partial charge is 0.0733 e. The Morgan fingerprint density at radius 3 is 2.90 bits per heavy atom. The molecule has 3 heteroatoms. The SMILES string of the molecule is COCc1ccccc1N1CCC(CNCC(C)C)C1. The van der Waals surface area contributed by atoms with Crippen molar-refractivity contribution in [1.82, 2.24) is 5.32 Å². The fourth-order valence-corrected chi connectivity index (χ4v) is 2.89. The number of nitrogens with zero attached hydrogens (tertiary/aromatic N) is 1. The second-order valence-corrected chi connectivity index (χ2v) is 6.21. The first-order valence-corrected chi connectivity index (χ1v) is 7.73. The Hall–Kier alpha value is -1.06. The highest BCUT2D eigenvalue weighted by molar-refractivity contribution is 5.54. The van der Waals surface area contributed by atoms with Crippen molar-refractivity contribution in [2.45, 2.75) is 26.9 Å². The summed E-state index contributed by atoms with van der Waals surface area (Å²) in [5.41, 5.74) is 2.64. The molecule has 0 aromatic heterocycles. The van der Waals surface area contributed by atoms with Crippen molar-refractivity contribution < 1.29 is 4.74 Å². The van der Waals surface area contributed by atoms with E-state index in [9.17, 15) is 0 Å². The maximum Gasteiger partial charge on any atom is 0.0733 e. The van der Waals surface area contributed by atoms with Crippen LogP contribution in [0.1, 0.15) is 25.8 Å². The van der Waals surface area contributed by atoms with Gasteiger partial charge in [0.2, 0.25) is 0 Å². The van der Waals surface area contributed by atoms with Gasteiger partial charge < -0.3 is 15.0 Å². The molecule has 1 N–H and O–H groups in total. The summed E-state index contributed by atoms with van der Waals surface area (Å²) in [7, 11) is 1.76. The zero-order valence-corrected chi connectivity index (χ0v) is 13.1. The van der Waals surface area contributed by atoms with Crippen molar-refractivity contribution in [3.63, 3.8) is 0 Å². The van der Waals surface area contributed by atoms with Crippen molar-refractivity contribution in [2.75, 3.05) is 38.2 Å². The molecule has 0 amide bonds. The predicted molar refractivity (Wildman–Crippen MR) is 85.2 cm³/mol. The molecule has 1 atom stereocenters. The summed E-state index contributed by atoms with van der Waals surface area (Å²) in [4.78, 5) is 2.51. The molecule has 1 fully saturated rings. The Balaban J connectivity index is 1.89. The third kappa shape index (κ3) is 4.22. The van der Waals surface area contributed by atoms with Gasteiger partial charge in [-0.2, -0.15) is 0 Å². The van der Waals surface area contributed by atoms with E-state index in [2.05, 4.69) is 48.3 Å². The molecule has 0 spiro atoms. The lowest BCUT2D eigenvalue weighted by molar-refractivity contribution is 0.185. The molecule has 1 aromatic carbocycles. The van der Waals surface area contributed by atoms with Gasteiger partial charge in [-0.15, -0.1) is 0 Å². The molecular formula is C17H28N2O. The minimum atomic E-state index is 0.697. The molecule has 0 bridgehead atoms. The Morgan fingerprint density at radius 1 is 1.35 bits per heavy atom. The number of ether oxygens (including phenoxy) is 1. The van der Waals surface area contributed by atoms with Gasteiger partial charge in [-0.05, 0) is 37.4 Å². The van der Waals surface area contributed by atoms with E-state index < -0.39 is 0 Å². The number of hydrogen-bond acceptors (Lipinski definition) is 3. The van der Waals surface area contributed by atoms with Gasteiger partial charge in [0, 0.05) is 31.5 Å². The quantitative estimate of drug-likeness (QED) is 0.829. The molecule has 1 aliphatic rings. The summed E-state index contributed by atoms with van der Waals surface area (Å²) < 4.78 is 5.31. The maximum atomic E-state index is 5.31. The van der Waals surface area contributed by atoms with Crippen molar-refractivity contribution in [3.05, 3.63) is 29.8 Å². The molecule has 2 rings (SSSR count). The first kappa shape index (κ1) is 15.3. The highest BCUT2D eigenvalue weighted by atomic mass is 16.5. The number of rotatable bonds is 7. The first-order chi connectivity index (χ1) is 9.70. The van der Waals surface area contributed by atoms with E-state index in [-0.39, 0.29) is 0 Å². The van der Waals surface area contributed by atoms with E-state index >= 15 is 0 Å². The van der Waals surface area contributed by atoms with Gasteiger partial charge in [0.05, 0.1) is 6.61 Å². The van der Waals surface area contributed by atoms with Gasteiger partial charge in [-0.3, -0.25) is 0 Å². The summed E-state index contributed by atoms with van der Waals surface area (Å²) in [6.45, 7) is 9.80. The normalized spacial score (nSPS) is 19.0. The maximum absolute atomic E-state index is 5.31. The van der Waals surface area contributed by atoms with Crippen LogP contribution in [0.3, 0.4) is 0 Å². The van der Waals surface area contributed by atoms with E-state index in [1.54, 1.807) is 7.11 Å². The monoisotopic (exact) mass is 276 g/mol. The van der Waals surface area contributed by atoms with Crippen LogP contribution >= 0.6 is 0 Å². The minimum absolute atomic E-state index is 0.697. The molecule has 112 valence electrons. The molecule has 1 aromatic rings. The summed E-state index contributed by atoms with van der Waals surface area (Å²) in [6, 6.07) is 8.61. The van der Waals surface area contributed by atoms with E-state index in [0.29, 0.717) is 6.61 Å². The molecule has 0 saturated carbocycles. The van der Waals surface area contributed by atoms with Gasteiger partial charge in [-0.1, -0.05) is 32.0 Å². The summed E-state index contributed by atoms with van der Waals surface area (Å²) in [5.74, 6) is 1.50. The van der Waals surface area contributed by atoms with Crippen LogP contribution in [-0.4, -0.2) is 33.3 Å². The highest BCUT2D eigenvalue weighted by Crippen LogP contribution is 2.27. The number of nitrogens with one attached hydrogen (secondary N) is 1. The Morgan fingerprint density at radius 2 is 2.15 bits per heavy atom. The fraction of sp³-hybridized carbons (Fsp3) is 0.647. The standard InChI is InChI=1S/C17H28N2O/c1-14(2)10-18-11-15-8-9-19(12-15)17-7-5-4-6-16(17)13-20-3/h4-7,14-15,18H,8-13H2,1-3H3. The van der Waals surface area contributed by atoms with Gasteiger partial charge in [0.25, 0.3) is 0 Å². The average molecular weight is 276 g/mol. The van der Waals surface area contributed by atoms with Crippen LogP contribution in [0, 0.1) is 11.8 Å². The van der Waals surface area contributed by atoms with Gasteiger partial charge in [-0.25, -0.2) is 0 Å². The van der Waals surface area contributed by atoms with Gasteiger partial charge in [0.15, 0.2) is 0 Å². The van der Waals surface area contributed by atoms with Crippen molar-refractivity contribution in [3.8, 4) is 0 Å². The van der Waals surface area contributed by atoms with Crippen molar-refractivity contribution in [2.24, 2.45) is 11.8 Å². The molecule has 1 aliphatic heterocycles. The first-order valence-electron chi connectivity index (χ1n) is 7.73. The zero-order valence-electron chi connectivity index (χ0n) is 13.1. The lowest BCUT2D eigenvalue weighted by atomic mass is 10.1. The largest absolute Gasteiger partial charge is 0.380 e. The highest BCUT2D eigenvalue weighted by Gasteiger charge is 2.23. The summed E-state index contributed by atoms with van der Waals surface area (Å²) in [5, 5.41) is 3.59. The number of hydrogen-bond donors (Lipinski definition) is 1. The zero-order chi connectivity index (χ0) is 14.4. The topological polar surface area (TPSA) is 24.5 Å². The second kappa shape index (κ2) is 7.65. The van der Waals surface area contributed by atoms with Crippen molar-refractivity contribution >= 4 is 5.69 Å². The fourth-order valence-electron chi connectivity index (χ4n) is 2.89. The molecule has 3 nitrogen and oxygen atoms in total. The molecule has 0 radical (unpaired) electrons. The molecular weight excluding hydrogens is 248 g/mol. The summed E-state index contributed by atoms with van der Waals surface area (Å²) in [6.07, 6.45) is 1.28. The van der Waals surface area contributed by atoms with Crippen LogP contribution in [0.25, 0.3) is 0 Å². The second-order valence-electron chi connectivity index (χ2n) is 6.21.